The lowest BCUT2D eigenvalue weighted by Crippen LogP contribution is -2.40. The molecule has 5 nitrogen and oxygen atoms in total. The monoisotopic (exact) mass is 302 g/mol. The Morgan fingerprint density at radius 1 is 1.23 bits per heavy atom. The molecule has 0 radical (unpaired) electrons. The van der Waals surface area contributed by atoms with Gasteiger partial charge in [0.2, 0.25) is 0 Å². The van der Waals surface area contributed by atoms with E-state index in [9.17, 15) is 14.4 Å². The van der Waals surface area contributed by atoms with E-state index in [1.165, 1.54) is 11.8 Å². The van der Waals surface area contributed by atoms with Crippen LogP contribution in [0.3, 0.4) is 0 Å². The van der Waals surface area contributed by atoms with Crippen molar-refractivity contribution >= 4 is 23.3 Å². The fourth-order valence-electron chi connectivity index (χ4n) is 2.12. The maximum Gasteiger partial charge on any atom is 0.313 e. The summed E-state index contributed by atoms with van der Waals surface area (Å²) in [5.74, 6) is -1.33. The van der Waals surface area contributed by atoms with Crippen LogP contribution in [-0.4, -0.2) is 35.6 Å². The van der Waals surface area contributed by atoms with E-state index in [-0.39, 0.29) is 5.78 Å². The highest BCUT2D eigenvalue weighted by atomic mass is 16.2. The summed E-state index contributed by atoms with van der Waals surface area (Å²) >= 11 is 0. The Hall–Kier alpha value is -2.43. The highest BCUT2D eigenvalue weighted by Gasteiger charge is 2.20. The van der Waals surface area contributed by atoms with Crippen molar-refractivity contribution in [3.05, 3.63) is 41.5 Å². The Morgan fingerprint density at radius 3 is 2.32 bits per heavy atom. The van der Waals surface area contributed by atoms with Crippen molar-refractivity contribution < 1.29 is 14.4 Å². The molecule has 0 aromatic heterocycles. The number of hydrogen-bond acceptors (Lipinski definition) is 3. The molecule has 2 amide bonds. The number of hydrogen-bond donors (Lipinski definition) is 1. The summed E-state index contributed by atoms with van der Waals surface area (Å²) in [7, 11) is 0. The van der Waals surface area contributed by atoms with Gasteiger partial charge >= 0.3 is 11.8 Å². The van der Waals surface area contributed by atoms with Gasteiger partial charge in [0.15, 0.2) is 5.78 Å². The number of carbonyl (C=O) groups is 3. The zero-order chi connectivity index (χ0) is 16.9. The Balaban J connectivity index is 2.83. The van der Waals surface area contributed by atoms with Gasteiger partial charge in [-0.1, -0.05) is 12.2 Å². The number of ketones is 1. The van der Waals surface area contributed by atoms with Crippen molar-refractivity contribution in [3.63, 3.8) is 0 Å². The van der Waals surface area contributed by atoms with E-state index < -0.39 is 11.8 Å². The average molecular weight is 302 g/mol. The van der Waals surface area contributed by atoms with Gasteiger partial charge in [-0.25, -0.2) is 0 Å². The van der Waals surface area contributed by atoms with Gasteiger partial charge in [-0.3, -0.25) is 14.4 Å². The predicted molar refractivity (Wildman–Crippen MR) is 86.9 cm³/mol. The fourth-order valence-corrected chi connectivity index (χ4v) is 2.12. The topological polar surface area (TPSA) is 66.5 Å². The van der Waals surface area contributed by atoms with Gasteiger partial charge in [-0.15, -0.1) is 0 Å². The molecule has 22 heavy (non-hydrogen) atoms. The Labute approximate surface area is 131 Å². The molecule has 0 unspecified atom stereocenters. The van der Waals surface area contributed by atoms with Crippen molar-refractivity contribution in [3.8, 4) is 0 Å². The lowest BCUT2D eigenvalue weighted by Gasteiger charge is -2.20. The predicted octanol–water partition coefficient (Wildman–Crippen LogP) is 2.56. The summed E-state index contributed by atoms with van der Waals surface area (Å²) < 4.78 is 0. The van der Waals surface area contributed by atoms with E-state index in [0.29, 0.717) is 24.3 Å². The van der Waals surface area contributed by atoms with E-state index >= 15 is 0 Å². The molecule has 0 aliphatic heterocycles. The molecule has 1 rings (SSSR count). The molecule has 0 fully saturated rings. The zero-order valence-electron chi connectivity index (χ0n) is 13.5. The SMILES string of the molecule is C=C(C)CN(CC)C(=O)C(=O)Nc1ccc(C(C)=O)c(C)c1. The first-order valence-electron chi connectivity index (χ1n) is 7.12. The van der Waals surface area contributed by atoms with Crippen LogP contribution in [0.1, 0.15) is 36.7 Å². The third kappa shape index (κ3) is 4.55. The molecule has 0 saturated carbocycles. The number of likely N-dealkylation sites (N-methyl/N-ethyl adjacent to an activating group) is 1. The van der Waals surface area contributed by atoms with Gasteiger partial charge < -0.3 is 10.2 Å². The molecule has 0 aliphatic rings. The quantitative estimate of drug-likeness (QED) is 0.516. The Bertz CT molecular complexity index is 620. The van der Waals surface area contributed by atoms with Crippen molar-refractivity contribution in [2.45, 2.75) is 27.7 Å². The first kappa shape index (κ1) is 17.6. The lowest BCUT2D eigenvalue weighted by molar-refractivity contribution is -0.142. The second-order valence-corrected chi connectivity index (χ2v) is 5.32. The molecule has 0 atom stereocenters. The minimum Gasteiger partial charge on any atom is -0.331 e. The van der Waals surface area contributed by atoms with Crippen molar-refractivity contribution in [2.75, 3.05) is 18.4 Å². The number of aryl methyl sites for hydroxylation is 1. The molecule has 0 spiro atoms. The third-order valence-corrected chi connectivity index (χ3v) is 3.19. The van der Waals surface area contributed by atoms with Gasteiger partial charge in [0.05, 0.1) is 0 Å². The summed E-state index contributed by atoms with van der Waals surface area (Å²) in [5.41, 5.74) is 2.66. The average Bonchev–Trinajstić information content (AvgIpc) is 2.43. The van der Waals surface area contributed by atoms with Crippen LogP contribution in [0.15, 0.2) is 30.4 Å². The smallest absolute Gasteiger partial charge is 0.313 e. The van der Waals surface area contributed by atoms with Crippen LogP contribution >= 0.6 is 0 Å². The number of benzene rings is 1. The van der Waals surface area contributed by atoms with Crippen molar-refractivity contribution in [2.24, 2.45) is 0 Å². The number of rotatable bonds is 5. The second-order valence-electron chi connectivity index (χ2n) is 5.32. The maximum absolute atomic E-state index is 12.1. The van der Waals surface area contributed by atoms with Crippen LogP contribution in [0.25, 0.3) is 0 Å². The fraction of sp³-hybridized carbons (Fsp3) is 0.353. The zero-order valence-corrected chi connectivity index (χ0v) is 13.5. The first-order valence-corrected chi connectivity index (χ1v) is 7.12. The van der Waals surface area contributed by atoms with Gasteiger partial charge in [0, 0.05) is 24.3 Å². The largest absolute Gasteiger partial charge is 0.331 e. The molecule has 1 N–H and O–H groups in total. The van der Waals surface area contributed by atoms with E-state index in [1.807, 2.05) is 0 Å². The van der Waals surface area contributed by atoms with Crippen LogP contribution < -0.4 is 5.32 Å². The minimum absolute atomic E-state index is 0.0370. The summed E-state index contributed by atoms with van der Waals surface area (Å²) in [4.78, 5) is 36.9. The van der Waals surface area contributed by atoms with Crippen molar-refractivity contribution in [1.29, 1.82) is 0 Å². The first-order chi connectivity index (χ1) is 10.3. The van der Waals surface area contributed by atoms with Crippen molar-refractivity contribution in [1.82, 2.24) is 4.90 Å². The molecule has 0 heterocycles. The van der Waals surface area contributed by atoms with Crippen LogP contribution in [0, 0.1) is 6.92 Å². The van der Waals surface area contributed by atoms with Crippen LogP contribution in [0.2, 0.25) is 0 Å². The van der Waals surface area contributed by atoms with E-state index in [2.05, 4.69) is 11.9 Å². The molecule has 0 saturated heterocycles. The molecule has 0 aliphatic carbocycles. The van der Waals surface area contributed by atoms with Gasteiger partial charge in [-0.05, 0) is 51.5 Å². The Morgan fingerprint density at radius 2 is 1.86 bits per heavy atom. The summed E-state index contributed by atoms with van der Waals surface area (Å²) in [6.07, 6.45) is 0. The number of nitrogens with one attached hydrogen (secondary N) is 1. The van der Waals surface area contributed by atoms with Crippen LogP contribution in [0.4, 0.5) is 5.69 Å². The van der Waals surface area contributed by atoms with Crippen LogP contribution in [0.5, 0.6) is 0 Å². The van der Waals surface area contributed by atoms with E-state index in [4.69, 9.17) is 0 Å². The molecule has 1 aromatic rings. The van der Waals surface area contributed by atoms with Gasteiger partial charge in [0.1, 0.15) is 0 Å². The number of carbonyl (C=O) groups excluding carboxylic acids is 3. The highest BCUT2D eigenvalue weighted by Crippen LogP contribution is 2.16. The van der Waals surface area contributed by atoms with Crippen LogP contribution in [-0.2, 0) is 9.59 Å². The lowest BCUT2D eigenvalue weighted by atomic mass is 10.0. The molecule has 5 heteroatoms. The van der Waals surface area contributed by atoms with E-state index in [1.54, 1.807) is 39.0 Å². The molecule has 118 valence electrons. The second kappa shape index (κ2) is 7.54. The Kier molecular flexibility index (Phi) is 6.04. The summed E-state index contributed by atoms with van der Waals surface area (Å²) in [6, 6.07) is 4.93. The minimum atomic E-state index is -0.696. The summed E-state index contributed by atoms with van der Waals surface area (Å²) in [5, 5.41) is 2.57. The number of nitrogens with zero attached hydrogens (tertiary/aromatic N) is 1. The van der Waals surface area contributed by atoms with Gasteiger partial charge in [-0.2, -0.15) is 0 Å². The highest BCUT2D eigenvalue weighted by molar-refractivity contribution is 6.39. The molecular weight excluding hydrogens is 280 g/mol. The normalized spacial score (nSPS) is 10.0. The summed E-state index contributed by atoms with van der Waals surface area (Å²) in [6.45, 7) is 11.4. The standard InChI is InChI=1S/C17H22N2O3/c1-6-19(10-11(2)3)17(22)16(21)18-14-7-8-15(13(5)20)12(4)9-14/h7-9H,2,6,10H2,1,3-5H3,(H,18,21). The van der Waals surface area contributed by atoms with Gasteiger partial charge in [0.25, 0.3) is 0 Å². The maximum atomic E-state index is 12.1. The molecular formula is C17H22N2O3. The van der Waals surface area contributed by atoms with E-state index in [0.717, 1.165) is 11.1 Å². The number of anilines is 1. The molecule has 1 aromatic carbocycles. The third-order valence-electron chi connectivity index (χ3n) is 3.19. The molecule has 0 bridgehead atoms. The number of Topliss-reactive ketones (excluding diaryl/α,β-unsaturated/α-hetero) is 1. The number of amides is 2.